The molecule has 24 heavy (non-hydrogen) atoms. The largest absolute Gasteiger partial charge is 0.341 e. The number of thioether (sulfide) groups is 1. The maximum absolute atomic E-state index is 12.3. The van der Waals surface area contributed by atoms with Crippen LogP contribution in [-0.2, 0) is 11.3 Å². The van der Waals surface area contributed by atoms with Gasteiger partial charge < -0.3 is 4.90 Å². The molecule has 0 fully saturated rings. The Kier molecular flexibility index (Phi) is 5.60. The van der Waals surface area contributed by atoms with Crippen molar-refractivity contribution >= 4 is 40.6 Å². The van der Waals surface area contributed by atoms with Crippen molar-refractivity contribution in [3.05, 3.63) is 64.1 Å². The first-order valence-electron chi connectivity index (χ1n) is 7.30. The Morgan fingerprint density at radius 3 is 3.04 bits per heavy atom. The Balaban J connectivity index is 1.63. The molecule has 0 spiro atoms. The normalized spacial score (nSPS) is 10.8. The molecule has 1 amide bonds. The van der Waals surface area contributed by atoms with Gasteiger partial charge in [-0.2, -0.15) is 11.3 Å². The van der Waals surface area contributed by atoms with Gasteiger partial charge in [0.15, 0.2) is 5.16 Å². The lowest BCUT2D eigenvalue weighted by atomic mass is 10.3. The zero-order valence-electron chi connectivity index (χ0n) is 13.1. The lowest BCUT2D eigenvalue weighted by Crippen LogP contribution is -2.27. The number of benzene rings is 1. The van der Waals surface area contributed by atoms with E-state index >= 15 is 0 Å². The van der Waals surface area contributed by atoms with Gasteiger partial charge >= 0.3 is 0 Å². The molecule has 0 atom stereocenters. The van der Waals surface area contributed by atoms with E-state index in [0.29, 0.717) is 17.3 Å². The Labute approximate surface area is 154 Å². The third-order valence-corrected chi connectivity index (χ3v) is 5.36. The molecular formula is C17H16ClN3OS2. The fourth-order valence-corrected chi connectivity index (χ4v) is 3.96. The number of carbonyl (C=O) groups excluding carboxylic acids is 1. The van der Waals surface area contributed by atoms with E-state index in [2.05, 4.69) is 10.4 Å². The summed E-state index contributed by atoms with van der Waals surface area (Å²) in [7, 11) is 1.82. The summed E-state index contributed by atoms with van der Waals surface area (Å²) in [5.41, 5.74) is 2.09. The fourth-order valence-electron chi connectivity index (χ4n) is 2.20. The lowest BCUT2D eigenvalue weighted by molar-refractivity contribution is -0.127. The molecule has 3 aromatic rings. The van der Waals surface area contributed by atoms with Crippen molar-refractivity contribution in [2.75, 3.05) is 12.8 Å². The number of aromatic nitrogens is 2. The molecule has 3 rings (SSSR count). The Morgan fingerprint density at radius 2 is 2.29 bits per heavy atom. The van der Waals surface area contributed by atoms with Crippen molar-refractivity contribution in [1.29, 1.82) is 0 Å². The molecule has 0 saturated carbocycles. The van der Waals surface area contributed by atoms with Crippen molar-refractivity contribution in [2.45, 2.75) is 11.7 Å². The molecular weight excluding hydrogens is 362 g/mol. The average Bonchev–Trinajstić information content (AvgIpc) is 3.23. The van der Waals surface area contributed by atoms with Crippen LogP contribution in [-0.4, -0.2) is 33.2 Å². The summed E-state index contributed by atoms with van der Waals surface area (Å²) >= 11 is 9.11. The first-order valence-corrected chi connectivity index (χ1v) is 9.61. The highest BCUT2D eigenvalue weighted by atomic mass is 35.5. The highest BCUT2D eigenvalue weighted by molar-refractivity contribution is 7.99. The standard InChI is InChI=1S/C17H16ClN3OS2/c1-20(10-13-5-8-23-11-13)16(22)12-24-17-19-6-7-21(17)15-4-2-3-14(18)9-15/h2-9,11H,10,12H2,1H3. The van der Waals surface area contributed by atoms with E-state index in [4.69, 9.17) is 11.6 Å². The molecule has 0 saturated heterocycles. The molecule has 124 valence electrons. The first kappa shape index (κ1) is 17.1. The predicted molar refractivity (Wildman–Crippen MR) is 100 cm³/mol. The maximum Gasteiger partial charge on any atom is 0.233 e. The molecule has 2 heterocycles. The molecule has 2 aromatic heterocycles. The van der Waals surface area contributed by atoms with E-state index < -0.39 is 0 Å². The van der Waals surface area contributed by atoms with Gasteiger partial charge in [0.05, 0.1) is 5.75 Å². The maximum atomic E-state index is 12.3. The van der Waals surface area contributed by atoms with E-state index in [-0.39, 0.29) is 5.91 Å². The molecule has 0 aliphatic heterocycles. The number of amides is 1. The molecule has 0 aliphatic rings. The summed E-state index contributed by atoms with van der Waals surface area (Å²) in [5, 5.41) is 5.52. The number of hydrogen-bond acceptors (Lipinski definition) is 4. The molecule has 0 radical (unpaired) electrons. The summed E-state index contributed by atoms with van der Waals surface area (Å²) in [6.45, 7) is 0.631. The Morgan fingerprint density at radius 1 is 1.42 bits per heavy atom. The van der Waals surface area contributed by atoms with Gasteiger partial charge in [-0.15, -0.1) is 0 Å². The quantitative estimate of drug-likeness (QED) is 0.600. The van der Waals surface area contributed by atoms with Crippen LogP contribution in [0.1, 0.15) is 5.56 Å². The fraction of sp³-hybridized carbons (Fsp3) is 0.176. The van der Waals surface area contributed by atoms with Gasteiger partial charge in [0, 0.05) is 36.7 Å². The number of imidazole rings is 1. The van der Waals surface area contributed by atoms with Crippen LogP contribution in [0.2, 0.25) is 5.02 Å². The van der Waals surface area contributed by atoms with Crippen molar-refractivity contribution in [3.63, 3.8) is 0 Å². The second-order valence-electron chi connectivity index (χ2n) is 5.23. The summed E-state index contributed by atoms with van der Waals surface area (Å²) < 4.78 is 1.93. The number of rotatable bonds is 6. The van der Waals surface area contributed by atoms with Crippen LogP contribution in [0.4, 0.5) is 0 Å². The monoisotopic (exact) mass is 377 g/mol. The average molecular weight is 378 g/mol. The summed E-state index contributed by atoms with van der Waals surface area (Å²) in [6.07, 6.45) is 3.59. The molecule has 0 aliphatic carbocycles. The molecule has 0 N–H and O–H groups in total. The summed E-state index contributed by atoms with van der Waals surface area (Å²) in [4.78, 5) is 18.4. The third-order valence-electron chi connectivity index (χ3n) is 3.44. The Bertz CT molecular complexity index is 817. The number of hydrogen-bond donors (Lipinski definition) is 0. The zero-order valence-corrected chi connectivity index (χ0v) is 15.4. The second-order valence-corrected chi connectivity index (χ2v) is 7.39. The van der Waals surface area contributed by atoms with Gasteiger partial charge in [-0.1, -0.05) is 29.4 Å². The second kappa shape index (κ2) is 7.88. The minimum atomic E-state index is 0.0758. The van der Waals surface area contributed by atoms with Crippen LogP contribution < -0.4 is 0 Å². The van der Waals surface area contributed by atoms with E-state index in [9.17, 15) is 4.79 Å². The van der Waals surface area contributed by atoms with Gasteiger partial charge in [0.1, 0.15) is 0 Å². The minimum Gasteiger partial charge on any atom is -0.341 e. The molecule has 7 heteroatoms. The molecule has 0 bridgehead atoms. The first-order chi connectivity index (χ1) is 11.6. The van der Waals surface area contributed by atoms with Crippen LogP contribution in [0, 0.1) is 0 Å². The van der Waals surface area contributed by atoms with E-state index in [1.54, 1.807) is 22.4 Å². The van der Waals surface area contributed by atoms with Gasteiger partial charge in [-0.05, 0) is 40.6 Å². The zero-order chi connectivity index (χ0) is 16.9. The van der Waals surface area contributed by atoms with Crippen molar-refractivity contribution in [2.24, 2.45) is 0 Å². The molecule has 4 nitrogen and oxygen atoms in total. The van der Waals surface area contributed by atoms with Gasteiger partial charge in [-0.3, -0.25) is 9.36 Å². The van der Waals surface area contributed by atoms with E-state index in [1.165, 1.54) is 11.8 Å². The molecule has 0 unspecified atom stereocenters. The summed E-state index contributed by atoms with van der Waals surface area (Å²) in [6, 6.07) is 9.59. The number of thiophene rings is 1. The smallest absolute Gasteiger partial charge is 0.233 e. The third kappa shape index (κ3) is 4.20. The predicted octanol–water partition coefficient (Wildman–Crippen LogP) is 4.34. The highest BCUT2D eigenvalue weighted by Crippen LogP contribution is 2.22. The molecule has 1 aromatic carbocycles. The van der Waals surface area contributed by atoms with Crippen LogP contribution >= 0.6 is 34.7 Å². The lowest BCUT2D eigenvalue weighted by Gasteiger charge is -2.16. The summed E-state index contributed by atoms with van der Waals surface area (Å²) in [5.74, 6) is 0.421. The SMILES string of the molecule is CN(Cc1ccsc1)C(=O)CSc1nccn1-c1cccc(Cl)c1. The van der Waals surface area contributed by atoms with Crippen molar-refractivity contribution < 1.29 is 4.79 Å². The van der Waals surface area contributed by atoms with E-state index in [1.807, 2.05) is 53.5 Å². The van der Waals surface area contributed by atoms with Gasteiger partial charge in [-0.25, -0.2) is 4.98 Å². The van der Waals surface area contributed by atoms with Gasteiger partial charge in [0.2, 0.25) is 5.91 Å². The highest BCUT2D eigenvalue weighted by Gasteiger charge is 2.13. The Hall–Kier alpha value is -1.76. The van der Waals surface area contributed by atoms with Crippen LogP contribution in [0.15, 0.2) is 58.6 Å². The van der Waals surface area contributed by atoms with Crippen LogP contribution in [0.5, 0.6) is 0 Å². The minimum absolute atomic E-state index is 0.0758. The van der Waals surface area contributed by atoms with E-state index in [0.717, 1.165) is 16.4 Å². The number of carbonyl (C=O) groups is 1. The number of halogens is 1. The van der Waals surface area contributed by atoms with Gasteiger partial charge in [0.25, 0.3) is 0 Å². The van der Waals surface area contributed by atoms with Crippen LogP contribution in [0.25, 0.3) is 5.69 Å². The van der Waals surface area contributed by atoms with Crippen molar-refractivity contribution in [3.8, 4) is 5.69 Å². The van der Waals surface area contributed by atoms with Crippen LogP contribution in [0.3, 0.4) is 0 Å². The number of nitrogens with zero attached hydrogens (tertiary/aromatic N) is 3. The topological polar surface area (TPSA) is 38.1 Å². The van der Waals surface area contributed by atoms with Crippen molar-refractivity contribution in [1.82, 2.24) is 14.5 Å².